The minimum atomic E-state index is -0.260. The summed E-state index contributed by atoms with van der Waals surface area (Å²) in [6.07, 6.45) is 3.52. The lowest BCUT2D eigenvalue weighted by Crippen LogP contribution is -2.38. The minimum Gasteiger partial charge on any atom is -0.347 e. The molecule has 0 radical (unpaired) electrons. The normalized spacial score (nSPS) is 15.9. The largest absolute Gasteiger partial charge is 0.347 e. The first-order valence-corrected chi connectivity index (χ1v) is 10.2. The molecule has 4 rings (SSSR count). The summed E-state index contributed by atoms with van der Waals surface area (Å²) in [5, 5.41) is 11.0. The molecule has 1 unspecified atom stereocenters. The van der Waals surface area contributed by atoms with Crippen LogP contribution < -0.4 is 5.32 Å². The number of benzene rings is 2. The number of hydrogen-bond acceptors (Lipinski definition) is 4. The van der Waals surface area contributed by atoms with Gasteiger partial charge >= 0.3 is 0 Å². The highest BCUT2D eigenvalue weighted by molar-refractivity contribution is 5.94. The number of nitrogens with zero attached hydrogens (tertiary/aromatic N) is 4. The Kier molecular flexibility index (Phi) is 5.88. The summed E-state index contributed by atoms with van der Waals surface area (Å²) in [6.45, 7) is 3.68. The van der Waals surface area contributed by atoms with Crippen molar-refractivity contribution in [1.29, 1.82) is 0 Å². The number of carbonyl (C=O) groups is 2. The number of rotatable bonds is 6. The molecule has 2 aromatic carbocycles. The van der Waals surface area contributed by atoms with E-state index in [4.69, 9.17) is 0 Å². The van der Waals surface area contributed by atoms with E-state index in [1.807, 2.05) is 66.4 Å². The van der Waals surface area contributed by atoms with Crippen LogP contribution in [-0.4, -0.2) is 44.3 Å². The topological polar surface area (TPSA) is 80.1 Å². The molecule has 1 aromatic heterocycles. The SMILES string of the molecule is Cc1cccc(C(=O)N2CCCC2Cn2cc(C(=O)NCc3ccccc3)nn2)c1. The number of carbonyl (C=O) groups excluding carboxylic acids is 2. The molecule has 0 spiro atoms. The van der Waals surface area contributed by atoms with Gasteiger partial charge in [-0.25, -0.2) is 4.68 Å². The third kappa shape index (κ3) is 4.56. The Hall–Kier alpha value is -3.48. The molecule has 1 aliphatic rings. The molecule has 30 heavy (non-hydrogen) atoms. The van der Waals surface area contributed by atoms with Crippen molar-refractivity contribution in [3.8, 4) is 0 Å². The number of aryl methyl sites for hydroxylation is 1. The maximum atomic E-state index is 12.9. The Morgan fingerprint density at radius 2 is 1.97 bits per heavy atom. The zero-order valence-corrected chi connectivity index (χ0v) is 17.0. The van der Waals surface area contributed by atoms with Crippen LogP contribution in [0.15, 0.2) is 60.8 Å². The summed E-state index contributed by atoms with van der Waals surface area (Å²) in [7, 11) is 0. The molecule has 1 atom stereocenters. The van der Waals surface area contributed by atoms with Crippen molar-refractivity contribution >= 4 is 11.8 Å². The van der Waals surface area contributed by atoms with Crippen LogP contribution in [0.4, 0.5) is 0 Å². The molecular weight excluding hydrogens is 378 g/mol. The molecular formula is C23H25N5O2. The van der Waals surface area contributed by atoms with E-state index in [1.54, 1.807) is 10.9 Å². The Morgan fingerprint density at radius 3 is 2.77 bits per heavy atom. The molecule has 7 heteroatoms. The number of nitrogens with one attached hydrogen (secondary N) is 1. The highest BCUT2D eigenvalue weighted by Crippen LogP contribution is 2.22. The summed E-state index contributed by atoms with van der Waals surface area (Å²) in [5.41, 5.74) is 3.08. The number of hydrogen-bond donors (Lipinski definition) is 1. The first-order valence-electron chi connectivity index (χ1n) is 10.2. The quantitative estimate of drug-likeness (QED) is 0.686. The van der Waals surface area contributed by atoms with E-state index in [1.165, 1.54) is 0 Å². The lowest BCUT2D eigenvalue weighted by molar-refractivity contribution is 0.0720. The van der Waals surface area contributed by atoms with Crippen molar-refractivity contribution in [2.24, 2.45) is 0 Å². The van der Waals surface area contributed by atoms with E-state index in [2.05, 4.69) is 15.6 Å². The van der Waals surface area contributed by atoms with Crippen molar-refractivity contribution in [1.82, 2.24) is 25.2 Å². The van der Waals surface area contributed by atoms with Gasteiger partial charge in [0.25, 0.3) is 11.8 Å². The zero-order chi connectivity index (χ0) is 20.9. The van der Waals surface area contributed by atoms with E-state index >= 15 is 0 Å². The molecule has 0 bridgehead atoms. The number of aromatic nitrogens is 3. The molecule has 1 saturated heterocycles. The van der Waals surface area contributed by atoms with Crippen LogP contribution in [0.25, 0.3) is 0 Å². The second-order valence-electron chi connectivity index (χ2n) is 7.66. The molecule has 3 aromatic rings. The average Bonchev–Trinajstić information content (AvgIpc) is 3.42. The molecule has 2 heterocycles. The van der Waals surface area contributed by atoms with Gasteiger partial charge in [0, 0.05) is 18.7 Å². The maximum Gasteiger partial charge on any atom is 0.273 e. The maximum absolute atomic E-state index is 12.9. The van der Waals surface area contributed by atoms with Crippen LogP contribution in [0.5, 0.6) is 0 Å². The van der Waals surface area contributed by atoms with Crippen molar-refractivity contribution in [3.63, 3.8) is 0 Å². The fraction of sp³-hybridized carbons (Fsp3) is 0.304. The van der Waals surface area contributed by atoms with Crippen LogP contribution in [-0.2, 0) is 13.1 Å². The number of amides is 2. The van der Waals surface area contributed by atoms with Crippen molar-refractivity contribution in [2.45, 2.75) is 38.9 Å². The fourth-order valence-corrected chi connectivity index (χ4v) is 3.81. The van der Waals surface area contributed by atoms with E-state index in [-0.39, 0.29) is 23.6 Å². The van der Waals surface area contributed by atoms with E-state index < -0.39 is 0 Å². The van der Waals surface area contributed by atoms with Crippen LogP contribution in [0, 0.1) is 6.92 Å². The second-order valence-corrected chi connectivity index (χ2v) is 7.66. The highest BCUT2D eigenvalue weighted by Gasteiger charge is 2.30. The number of likely N-dealkylation sites (tertiary alicyclic amines) is 1. The second kappa shape index (κ2) is 8.90. The fourth-order valence-electron chi connectivity index (χ4n) is 3.81. The van der Waals surface area contributed by atoms with Crippen LogP contribution in [0.1, 0.15) is 44.8 Å². The summed E-state index contributed by atoms with van der Waals surface area (Å²) < 4.78 is 1.66. The monoisotopic (exact) mass is 403 g/mol. The molecule has 154 valence electrons. The Balaban J connectivity index is 1.37. The van der Waals surface area contributed by atoms with Gasteiger partial charge in [0.15, 0.2) is 5.69 Å². The van der Waals surface area contributed by atoms with Crippen LogP contribution >= 0.6 is 0 Å². The van der Waals surface area contributed by atoms with Crippen LogP contribution in [0.3, 0.4) is 0 Å². The van der Waals surface area contributed by atoms with Gasteiger partial charge in [0.1, 0.15) is 0 Å². The summed E-state index contributed by atoms with van der Waals surface area (Å²) >= 11 is 0. The highest BCUT2D eigenvalue weighted by atomic mass is 16.2. The van der Waals surface area contributed by atoms with E-state index in [9.17, 15) is 9.59 Å². The smallest absolute Gasteiger partial charge is 0.273 e. The summed E-state index contributed by atoms with van der Waals surface area (Å²) in [5.74, 6) is -0.216. The Morgan fingerprint density at radius 1 is 1.13 bits per heavy atom. The van der Waals surface area contributed by atoms with Gasteiger partial charge in [-0.15, -0.1) is 5.10 Å². The van der Waals surface area contributed by atoms with Crippen LogP contribution in [0.2, 0.25) is 0 Å². The predicted octanol–water partition coefficient (Wildman–Crippen LogP) is 2.82. The molecule has 1 aliphatic heterocycles. The molecule has 1 fully saturated rings. The first-order chi connectivity index (χ1) is 14.6. The van der Waals surface area contributed by atoms with Crippen molar-refractivity contribution in [3.05, 3.63) is 83.2 Å². The van der Waals surface area contributed by atoms with E-state index in [0.717, 1.165) is 30.5 Å². The van der Waals surface area contributed by atoms with Crippen molar-refractivity contribution in [2.75, 3.05) is 6.54 Å². The molecule has 1 N–H and O–H groups in total. The van der Waals surface area contributed by atoms with Gasteiger partial charge in [0.2, 0.25) is 0 Å². The van der Waals surface area contributed by atoms with Crippen molar-refractivity contribution < 1.29 is 9.59 Å². The average molecular weight is 403 g/mol. The Labute approximate surface area is 175 Å². The van der Waals surface area contributed by atoms with Gasteiger partial charge < -0.3 is 10.2 Å². The van der Waals surface area contributed by atoms with Gasteiger partial charge in [-0.1, -0.05) is 53.2 Å². The third-order valence-electron chi connectivity index (χ3n) is 5.37. The van der Waals surface area contributed by atoms with Gasteiger partial charge in [-0.2, -0.15) is 0 Å². The van der Waals surface area contributed by atoms with Gasteiger partial charge in [0.05, 0.1) is 18.8 Å². The lowest BCUT2D eigenvalue weighted by atomic mass is 10.1. The minimum absolute atomic E-state index is 0.0416. The summed E-state index contributed by atoms with van der Waals surface area (Å²) in [6, 6.07) is 17.4. The van der Waals surface area contributed by atoms with Gasteiger partial charge in [-0.3, -0.25) is 9.59 Å². The standard InChI is InChI=1S/C23H25N5O2/c1-17-7-5-10-19(13-17)23(30)28-12-6-11-20(28)15-27-16-21(25-26-27)22(29)24-14-18-8-3-2-4-9-18/h2-5,7-10,13,16,20H,6,11-12,14-15H2,1H3,(H,24,29). The molecule has 7 nitrogen and oxygen atoms in total. The van der Waals surface area contributed by atoms with E-state index in [0.29, 0.717) is 18.7 Å². The molecule has 0 aliphatic carbocycles. The predicted molar refractivity (Wildman–Crippen MR) is 113 cm³/mol. The molecule has 0 saturated carbocycles. The lowest BCUT2D eigenvalue weighted by Gasteiger charge is -2.24. The first kappa shape index (κ1) is 19.8. The summed E-state index contributed by atoms with van der Waals surface area (Å²) in [4.78, 5) is 27.2. The zero-order valence-electron chi connectivity index (χ0n) is 17.0. The van der Waals surface area contributed by atoms with Gasteiger partial charge in [-0.05, 0) is 37.5 Å². The Bertz CT molecular complexity index is 1030. The third-order valence-corrected chi connectivity index (χ3v) is 5.37. The molecule has 2 amide bonds.